The van der Waals surface area contributed by atoms with E-state index in [1.807, 2.05) is 68.4 Å². The second-order valence-electron chi connectivity index (χ2n) is 6.71. The Labute approximate surface area is 174 Å². The molecule has 2 aliphatic heterocycles. The monoisotopic (exact) mass is 406 g/mol. The molecule has 148 valence electrons. The summed E-state index contributed by atoms with van der Waals surface area (Å²) >= 11 is 1.29. The first-order chi connectivity index (χ1) is 14.1. The molecular formula is C22H22N4O2S. The number of benzene rings is 2. The standard InChI is InChI=1S/C22H22N4O2S/c1-3-25(4-2)18(27)14-29-22-23-17-13-9-8-12-16(17)20-24-19(21(28)26(20)22)15-10-6-5-7-11-15/h5-13,19H,3-4,14H2,1-2H3/t19-/m1/s1. The number of hydrogen-bond acceptors (Lipinski definition) is 5. The second kappa shape index (κ2) is 8.21. The largest absolute Gasteiger partial charge is 0.343 e. The third-order valence-electron chi connectivity index (χ3n) is 5.03. The van der Waals surface area contributed by atoms with Crippen molar-refractivity contribution in [3.63, 3.8) is 0 Å². The van der Waals surface area contributed by atoms with E-state index in [0.29, 0.717) is 24.1 Å². The summed E-state index contributed by atoms with van der Waals surface area (Å²) in [5, 5.41) is 0.506. The quantitative estimate of drug-likeness (QED) is 0.762. The van der Waals surface area contributed by atoms with Gasteiger partial charge in [-0.05, 0) is 31.5 Å². The van der Waals surface area contributed by atoms with E-state index in [2.05, 4.69) is 4.99 Å². The minimum Gasteiger partial charge on any atom is -0.343 e. The van der Waals surface area contributed by atoms with E-state index in [9.17, 15) is 9.59 Å². The van der Waals surface area contributed by atoms with Crippen LogP contribution < -0.4 is 0 Å². The van der Waals surface area contributed by atoms with E-state index in [0.717, 1.165) is 16.8 Å². The van der Waals surface area contributed by atoms with Crippen LogP contribution in [0, 0.1) is 0 Å². The molecule has 0 bridgehead atoms. The van der Waals surface area contributed by atoms with Crippen molar-refractivity contribution < 1.29 is 9.59 Å². The van der Waals surface area contributed by atoms with Crippen LogP contribution in [0.3, 0.4) is 0 Å². The number of carbonyl (C=O) groups excluding carboxylic acids is 2. The van der Waals surface area contributed by atoms with Gasteiger partial charge in [-0.2, -0.15) is 0 Å². The molecule has 0 spiro atoms. The number of aliphatic imine (C=N–C) groups is 2. The molecule has 0 fully saturated rings. The van der Waals surface area contributed by atoms with Crippen LogP contribution in [0.2, 0.25) is 0 Å². The van der Waals surface area contributed by atoms with E-state index in [1.165, 1.54) is 11.8 Å². The van der Waals surface area contributed by atoms with Crippen molar-refractivity contribution in [2.24, 2.45) is 9.98 Å². The van der Waals surface area contributed by atoms with E-state index >= 15 is 0 Å². The number of thioether (sulfide) groups is 1. The lowest BCUT2D eigenvalue weighted by atomic mass is 10.1. The number of hydrogen-bond donors (Lipinski definition) is 0. The summed E-state index contributed by atoms with van der Waals surface area (Å²) in [4.78, 5) is 38.5. The highest BCUT2D eigenvalue weighted by atomic mass is 32.2. The van der Waals surface area contributed by atoms with Crippen LogP contribution in [0.5, 0.6) is 0 Å². The molecule has 6 nitrogen and oxygen atoms in total. The van der Waals surface area contributed by atoms with Gasteiger partial charge in [0, 0.05) is 18.7 Å². The zero-order chi connectivity index (χ0) is 20.4. The summed E-state index contributed by atoms with van der Waals surface area (Å²) in [6.07, 6.45) is 0. The normalized spacial score (nSPS) is 17.4. The second-order valence-corrected chi connectivity index (χ2v) is 7.65. The first-order valence-electron chi connectivity index (χ1n) is 9.69. The molecule has 0 aliphatic carbocycles. The van der Waals surface area contributed by atoms with Gasteiger partial charge in [0.05, 0.1) is 11.4 Å². The van der Waals surface area contributed by atoms with Crippen molar-refractivity contribution in [3.05, 3.63) is 65.7 Å². The van der Waals surface area contributed by atoms with Crippen molar-refractivity contribution >= 4 is 40.3 Å². The van der Waals surface area contributed by atoms with Crippen LogP contribution in [0.15, 0.2) is 64.6 Å². The molecule has 2 heterocycles. The Bertz CT molecular complexity index is 999. The van der Waals surface area contributed by atoms with Crippen molar-refractivity contribution in [1.82, 2.24) is 9.80 Å². The van der Waals surface area contributed by atoms with Gasteiger partial charge in [-0.15, -0.1) is 0 Å². The predicted molar refractivity (Wildman–Crippen MR) is 116 cm³/mol. The van der Waals surface area contributed by atoms with E-state index in [1.54, 1.807) is 9.80 Å². The summed E-state index contributed by atoms with van der Waals surface area (Å²) in [6.45, 7) is 5.24. The molecule has 0 aromatic heterocycles. The van der Waals surface area contributed by atoms with Crippen LogP contribution in [0.1, 0.15) is 31.0 Å². The van der Waals surface area contributed by atoms with E-state index in [-0.39, 0.29) is 17.6 Å². The summed E-state index contributed by atoms with van der Waals surface area (Å²) in [5.74, 6) is 0.733. The van der Waals surface area contributed by atoms with Crippen molar-refractivity contribution in [2.75, 3.05) is 18.8 Å². The summed E-state index contributed by atoms with van der Waals surface area (Å²) < 4.78 is 0. The zero-order valence-corrected chi connectivity index (χ0v) is 17.2. The number of carbonyl (C=O) groups is 2. The molecule has 2 aromatic carbocycles. The van der Waals surface area contributed by atoms with Gasteiger partial charge in [0.2, 0.25) is 5.91 Å². The van der Waals surface area contributed by atoms with Crippen LogP contribution >= 0.6 is 11.8 Å². The Morgan fingerprint density at radius 2 is 1.76 bits per heavy atom. The molecule has 1 atom stereocenters. The molecule has 4 rings (SSSR count). The fourth-order valence-electron chi connectivity index (χ4n) is 3.49. The number of amidine groups is 2. The Balaban J connectivity index is 1.67. The molecular weight excluding hydrogens is 384 g/mol. The summed E-state index contributed by atoms with van der Waals surface area (Å²) in [7, 11) is 0. The highest BCUT2D eigenvalue weighted by molar-refractivity contribution is 8.14. The molecule has 0 radical (unpaired) electrons. The Kier molecular flexibility index (Phi) is 5.49. The van der Waals surface area contributed by atoms with Gasteiger partial charge in [-0.25, -0.2) is 14.9 Å². The maximum Gasteiger partial charge on any atom is 0.263 e. The average molecular weight is 407 g/mol. The first-order valence-corrected chi connectivity index (χ1v) is 10.7. The van der Waals surface area contributed by atoms with E-state index < -0.39 is 6.04 Å². The number of fused-ring (bicyclic) bond motifs is 3. The van der Waals surface area contributed by atoms with Gasteiger partial charge in [0.15, 0.2) is 11.2 Å². The molecule has 0 saturated heterocycles. The minimum absolute atomic E-state index is 0.0336. The van der Waals surface area contributed by atoms with Gasteiger partial charge >= 0.3 is 0 Å². The third kappa shape index (κ3) is 3.58. The van der Waals surface area contributed by atoms with Gasteiger partial charge < -0.3 is 4.90 Å². The lowest BCUT2D eigenvalue weighted by Gasteiger charge is -2.26. The summed E-state index contributed by atoms with van der Waals surface area (Å²) in [6, 6.07) is 16.6. The molecule has 7 heteroatoms. The van der Waals surface area contributed by atoms with Crippen molar-refractivity contribution in [3.8, 4) is 0 Å². The van der Waals surface area contributed by atoms with E-state index in [4.69, 9.17) is 4.99 Å². The number of para-hydroxylation sites is 1. The number of rotatable bonds is 5. The SMILES string of the molecule is CCN(CC)C(=O)CSC1=Nc2ccccc2C2=N[C@H](c3ccccc3)C(=O)N12. The van der Waals surface area contributed by atoms with Crippen molar-refractivity contribution in [2.45, 2.75) is 19.9 Å². The average Bonchev–Trinajstić information content (AvgIpc) is 3.11. The topological polar surface area (TPSA) is 65.3 Å². The van der Waals surface area contributed by atoms with Crippen LogP contribution in [-0.4, -0.2) is 51.5 Å². The lowest BCUT2D eigenvalue weighted by molar-refractivity contribution is -0.128. The smallest absolute Gasteiger partial charge is 0.263 e. The third-order valence-corrected chi connectivity index (χ3v) is 5.95. The fraction of sp³-hybridized carbons (Fsp3) is 0.273. The maximum atomic E-state index is 13.3. The van der Waals surface area contributed by atoms with Gasteiger partial charge in [-0.1, -0.05) is 54.2 Å². The molecule has 0 N–H and O–H groups in total. The van der Waals surface area contributed by atoms with Crippen LogP contribution in [0.4, 0.5) is 5.69 Å². The van der Waals surface area contributed by atoms with Gasteiger partial charge in [-0.3, -0.25) is 9.59 Å². The van der Waals surface area contributed by atoms with Gasteiger partial charge in [0.25, 0.3) is 5.91 Å². The molecule has 2 aromatic rings. The Hall–Kier alpha value is -2.93. The highest BCUT2D eigenvalue weighted by Gasteiger charge is 2.42. The molecule has 2 aliphatic rings. The van der Waals surface area contributed by atoms with Crippen LogP contribution in [0.25, 0.3) is 0 Å². The minimum atomic E-state index is -0.596. The Morgan fingerprint density at radius 3 is 2.48 bits per heavy atom. The Morgan fingerprint density at radius 1 is 1.07 bits per heavy atom. The van der Waals surface area contributed by atoms with Gasteiger partial charge in [0.1, 0.15) is 5.84 Å². The lowest BCUT2D eigenvalue weighted by Crippen LogP contribution is -2.40. The fourth-order valence-corrected chi connectivity index (χ4v) is 4.40. The van der Waals surface area contributed by atoms with Crippen molar-refractivity contribution in [1.29, 1.82) is 0 Å². The maximum absolute atomic E-state index is 13.3. The summed E-state index contributed by atoms with van der Waals surface area (Å²) in [5.41, 5.74) is 2.45. The number of amides is 2. The number of nitrogens with zero attached hydrogens (tertiary/aromatic N) is 4. The molecule has 0 saturated carbocycles. The molecule has 0 unspecified atom stereocenters. The molecule has 2 amide bonds. The molecule has 29 heavy (non-hydrogen) atoms. The van der Waals surface area contributed by atoms with Crippen LogP contribution in [-0.2, 0) is 9.59 Å². The predicted octanol–water partition coefficient (Wildman–Crippen LogP) is 3.62. The zero-order valence-electron chi connectivity index (χ0n) is 16.4. The highest BCUT2D eigenvalue weighted by Crippen LogP contribution is 2.37. The first kappa shape index (κ1) is 19.4.